The van der Waals surface area contributed by atoms with Gasteiger partial charge in [-0.2, -0.15) is 0 Å². The summed E-state index contributed by atoms with van der Waals surface area (Å²) in [5, 5.41) is 0. The maximum absolute atomic E-state index is 9.00. The van der Waals surface area contributed by atoms with Crippen molar-refractivity contribution in [2.45, 2.75) is 0 Å². The van der Waals surface area contributed by atoms with Crippen molar-refractivity contribution < 1.29 is 27.9 Å². The van der Waals surface area contributed by atoms with E-state index in [4.69, 9.17) is 8.42 Å². The fourth-order valence-electron chi connectivity index (χ4n) is 0. The van der Waals surface area contributed by atoms with E-state index in [-0.39, 0.29) is 19.5 Å². The first kappa shape index (κ1) is 9.13. The minimum absolute atomic E-state index is 0. The molecule has 5 heavy (non-hydrogen) atoms. The first-order valence-electron chi connectivity index (χ1n) is 0.742. The Morgan fingerprint density at radius 1 is 1.40 bits per heavy atom. The van der Waals surface area contributed by atoms with Gasteiger partial charge >= 0.3 is 0 Å². The van der Waals surface area contributed by atoms with E-state index < -0.39 is 10.7 Å². The van der Waals surface area contributed by atoms with Crippen LogP contribution in [-0.4, -0.2) is 6.26 Å². The molecule has 0 rings (SSSR count). The monoisotopic (exact) mass is 143 g/mol. The Labute approximate surface area is 45.3 Å². The van der Waals surface area contributed by atoms with Gasteiger partial charge in [0.15, 0.2) is 0 Å². The van der Waals surface area contributed by atoms with Crippen LogP contribution in [0.25, 0.3) is 0 Å². The van der Waals surface area contributed by atoms with Crippen LogP contribution in [0.2, 0.25) is 0 Å². The molecule has 0 aliphatic heterocycles. The van der Waals surface area contributed by atoms with E-state index in [1.807, 2.05) is 0 Å². The molecule has 0 aliphatic carbocycles. The van der Waals surface area contributed by atoms with E-state index in [0.717, 1.165) is 6.26 Å². The van der Waals surface area contributed by atoms with Gasteiger partial charge in [-0.1, -0.05) is 17.0 Å². The van der Waals surface area contributed by atoms with Gasteiger partial charge in [-0.15, -0.1) is 0 Å². The third-order valence-electron chi connectivity index (χ3n) is 0. The van der Waals surface area contributed by atoms with E-state index in [0.29, 0.717) is 0 Å². The molecule has 0 spiro atoms. The SMILES string of the molecule is C[S-](=O)=O.[Zn]. The predicted molar refractivity (Wildman–Crippen MR) is 14.7 cm³/mol. The summed E-state index contributed by atoms with van der Waals surface area (Å²) in [7, 11) is -1.86. The molecule has 0 fully saturated rings. The van der Waals surface area contributed by atoms with Crippen molar-refractivity contribution >= 4 is 10.7 Å². The van der Waals surface area contributed by atoms with Crippen LogP contribution in [0.1, 0.15) is 0 Å². The van der Waals surface area contributed by atoms with Crippen LogP contribution in [0, 0.1) is 0 Å². The Kier molecular flexibility index (Phi) is 8.35. The summed E-state index contributed by atoms with van der Waals surface area (Å²) in [4.78, 5) is 0. The van der Waals surface area contributed by atoms with Crippen LogP contribution >= 0.6 is 0 Å². The van der Waals surface area contributed by atoms with Crippen LogP contribution in [0.4, 0.5) is 0 Å². The minimum atomic E-state index is -1.86. The molecule has 0 amide bonds. The Morgan fingerprint density at radius 2 is 1.40 bits per heavy atom. The van der Waals surface area contributed by atoms with Crippen LogP contribution < -0.4 is 0 Å². The molecule has 4 heteroatoms. The molecular weight excluding hydrogens is 141 g/mol. The van der Waals surface area contributed by atoms with Crippen molar-refractivity contribution in [2.75, 3.05) is 6.26 Å². The Hall–Kier alpha value is 0.573. The number of hydrogen-bond donors (Lipinski definition) is 0. The van der Waals surface area contributed by atoms with Crippen molar-refractivity contribution in [3.8, 4) is 0 Å². The van der Waals surface area contributed by atoms with E-state index >= 15 is 0 Å². The summed E-state index contributed by atoms with van der Waals surface area (Å²) in [6, 6.07) is 0. The Balaban J connectivity index is 0. The molecule has 0 bridgehead atoms. The van der Waals surface area contributed by atoms with Crippen LogP contribution in [0.15, 0.2) is 0 Å². The van der Waals surface area contributed by atoms with Gasteiger partial charge in [0.1, 0.15) is 0 Å². The minimum Gasteiger partial charge on any atom is -0.424 e. The van der Waals surface area contributed by atoms with Gasteiger partial charge in [-0.25, -0.2) is 0 Å². The zero-order valence-corrected chi connectivity index (χ0v) is 6.72. The second kappa shape index (κ2) is 4.57. The van der Waals surface area contributed by atoms with E-state index in [1.165, 1.54) is 0 Å². The molecular formula is CH3O2SZn-. The largest absolute Gasteiger partial charge is 0.424 e. The topological polar surface area (TPSA) is 34.1 Å². The molecule has 0 radical (unpaired) electrons. The molecule has 0 atom stereocenters. The molecule has 0 N–H and O–H groups in total. The Morgan fingerprint density at radius 3 is 1.40 bits per heavy atom. The molecule has 0 saturated heterocycles. The fourth-order valence-corrected chi connectivity index (χ4v) is 0. The van der Waals surface area contributed by atoms with Gasteiger partial charge in [0.25, 0.3) is 0 Å². The number of rotatable bonds is 0. The maximum Gasteiger partial charge on any atom is 0 e. The summed E-state index contributed by atoms with van der Waals surface area (Å²) in [5.41, 5.74) is 0. The molecule has 28 valence electrons. The van der Waals surface area contributed by atoms with Gasteiger partial charge in [0.05, 0.1) is 0 Å². The normalized spacial score (nSPS) is 6.80. The third kappa shape index (κ3) is 92.1. The van der Waals surface area contributed by atoms with E-state index in [9.17, 15) is 0 Å². The fraction of sp³-hybridized carbons (Fsp3) is 1.00. The molecule has 0 aromatic rings. The quantitative estimate of drug-likeness (QED) is 0.352. The third-order valence-corrected chi connectivity index (χ3v) is 0. The summed E-state index contributed by atoms with van der Waals surface area (Å²) in [6.45, 7) is 0. The van der Waals surface area contributed by atoms with Crippen LogP contribution in [-0.2, 0) is 38.6 Å². The zero-order chi connectivity index (χ0) is 3.58. The first-order chi connectivity index (χ1) is 1.73. The first-order valence-corrected chi connectivity index (χ1v) is 2.22. The summed E-state index contributed by atoms with van der Waals surface area (Å²) in [5.74, 6) is 0. The standard InChI is InChI=1S/CH3O2S.Zn/c1-4(2)3;/h1H3;/q-1;. The van der Waals surface area contributed by atoms with E-state index in [1.54, 1.807) is 0 Å². The average Bonchev–Trinajstić information content (AvgIpc) is 0.811. The second-order valence-corrected chi connectivity index (χ2v) is 1.20. The smallest absolute Gasteiger partial charge is 0 e. The molecule has 0 aromatic carbocycles. The van der Waals surface area contributed by atoms with Gasteiger partial charge < -0.3 is 8.42 Å². The van der Waals surface area contributed by atoms with Crippen molar-refractivity contribution in [1.82, 2.24) is 0 Å². The maximum atomic E-state index is 9.00. The summed E-state index contributed by atoms with van der Waals surface area (Å²) >= 11 is 0. The van der Waals surface area contributed by atoms with Crippen molar-refractivity contribution in [3.05, 3.63) is 0 Å². The van der Waals surface area contributed by atoms with Crippen molar-refractivity contribution in [2.24, 2.45) is 0 Å². The number of hydrogen-bond acceptors (Lipinski definition) is 3. The van der Waals surface area contributed by atoms with Gasteiger partial charge in [0.2, 0.25) is 0 Å². The second-order valence-electron chi connectivity index (χ2n) is 0.401. The van der Waals surface area contributed by atoms with Crippen molar-refractivity contribution in [1.29, 1.82) is 0 Å². The molecule has 2 nitrogen and oxygen atoms in total. The van der Waals surface area contributed by atoms with Crippen LogP contribution in [0.5, 0.6) is 0 Å². The molecule has 0 unspecified atom stereocenters. The Bertz CT molecular complexity index is 58.0. The summed E-state index contributed by atoms with van der Waals surface area (Å²) < 4.78 is 18.0. The summed E-state index contributed by atoms with van der Waals surface area (Å²) in [6.07, 6.45) is 1.08. The van der Waals surface area contributed by atoms with Gasteiger partial charge in [0, 0.05) is 19.5 Å². The van der Waals surface area contributed by atoms with Gasteiger partial charge in [-0.3, -0.25) is 0 Å². The zero-order valence-electron chi connectivity index (χ0n) is 2.93. The van der Waals surface area contributed by atoms with Crippen LogP contribution in [0.3, 0.4) is 0 Å². The van der Waals surface area contributed by atoms with E-state index in [2.05, 4.69) is 0 Å². The molecule has 0 saturated carbocycles. The molecule has 0 aliphatic rings. The molecule has 0 heterocycles. The average molecular weight is 144 g/mol. The predicted octanol–water partition coefficient (Wildman–Crippen LogP) is -0.0770. The van der Waals surface area contributed by atoms with Crippen molar-refractivity contribution in [3.63, 3.8) is 0 Å². The van der Waals surface area contributed by atoms with Gasteiger partial charge in [-0.05, 0) is 0 Å². The molecule has 0 aromatic heterocycles.